The van der Waals surface area contributed by atoms with Crippen LogP contribution in [-0.4, -0.2) is 60.4 Å². The van der Waals surface area contributed by atoms with Crippen molar-refractivity contribution in [3.63, 3.8) is 0 Å². The molecule has 6 aromatic rings. The van der Waals surface area contributed by atoms with Gasteiger partial charge in [0.05, 0.1) is 35.5 Å². The number of amides is 2. The van der Waals surface area contributed by atoms with Crippen molar-refractivity contribution in [2.24, 2.45) is 0 Å². The Morgan fingerprint density at radius 3 is 1.89 bits per heavy atom. The lowest BCUT2D eigenvalue weighted by molar-refractivity contribution is -0.119. The molecule has 55 heavy (non-hydrogen) atoms. The summed E-state index contributed by atoms with van der Waals surface area (Å²) in [6, 6.07) is 20.4. The molecule has 10 nitrogen and oxygen atoms in total. The van der Waals surface area contributed by atoms with Crippen LogP contribution in [0.2, 0.25) is 10.0 Å². The summed E-state index contributed by atoms with van der Waals surface area (Å²) in [5.41, 5.74) is 7.85. The molecule has 0 aliphatic rings. The van der Waals surface area contributed by atoms with Crippen LogP contribution in [0.5, 0.6) is 11.5 Å². The molecule has 4 aromatic carbocycles. The second kappa shape index (κ2) is 17.7. The zero-order chi connectivity index (χ0) is 40.0. The van der Waals surface area contributed by atoms with Crippen LogP contribution in [0, 0.1) is 20.8 Å². The summed E-state index contributed by atoms with van der Waals surface area (Å²) in [6.07, 6.45) is 2.92. The molecule has 0 unspecified atom stereocenters. The largest absolute Gasteiger partial charge is 0.495 e. The topological polar surface area (TPSA) is 132 Å². The van der Waals surface area contributed by atoms with Gasteiger partial charge in [-0.2, -0.15) is 0 Å². The third-order valence-electron chi connectivity index (χ3n) is 9.39. The first kappa shape index (κ1) is 40.6. The van der Waals surface area contributed by atoms with Crippen molar-refractivity contribution >= 4 is 68.5 Å². The minimum Gasteiger partial charge on any atom is -0.495 e. The summed E-state index contributed by atoms with van der Waals surface area (Å²) in [7, 11) is 3.11. The first-order chi connectivity index (χ1) is 26.2. The number of benzene rings is 4. The summed E-state index contributed by atoms with van der Waals surface area (Å²) in [6.45, 7) is 9.64. The molecule has 286 valence electrons. The van der Waals surface area contributed by atoms with Crippen molar-refractivity contribution in [1.29, 1.82) is 0 Å². The highest BCUT2D eigenvalue weighted by Gasteiger charge is 2.23. The maximum Gasteiger partial charge on any atom is 0.262 e. The van der Waals surface area contributed by atoms with Gasteiger partial charge in [0.1, 0.15) is 11.5 Å². The van der Waals surface area contributed by atoms with Crippen molar-refractivity contribution in [2.45, 2.75) is 47.5 Å². The lowest BCUT2D eigenvalue weighted by Crippen LogP contribution is -2.23. The Hall–Kier alpha value is -5.58. The lowest BCUT2D eigenvalue weighted by Gasteiger charge is -2.10. The van der Waals surface area contributed by atoms with E-state index in [-0.39, 0.29) is 23.5 Å². The molecule has 0 saturated carbocycles. The zero-order valence-electron chi connectivity index (χ0n) is 31.9. The Labute approximate surface area is 330 Å². The van der Waals surface area contributed by atoms with Crippen molar-refractivity contribution in [1.82, 2.24) is 20.2 Å². The van der Waals surface area contributed by atoms with Gasteiger partial charge >= 0.3 is 0 Å². The first-order valence-corrected chi connectivity index (χ1v) is 18.5. The molecule has 0 spiro atoms. The van der Waals surface area contributed by atoms with Crippen LogP contribution in [0.25, 0.3) is 21.8 Å². The molecular weight excluding hydrogens is 739 g/mol. The Morgan fingerprint density at radius 1 is 0.727 bits per heavy atom. The molecule has 2 amide bonds. The van der Waals surface area contributed by atoms with Crippen molar-refractivity contribution in [3.8, 4) is 11.5 Å². The number of H-pyrrole nitrogens is 1. The number of methoxy groups -OCH3 is 2. The number of aromatic amines is 1. The lowest BCUT2D eigenvalue weighted by atomic mass is 9.95. The van der Waals surface area contributed by atoms with E-state index in [1.54, 1.807) is 30.9 Å². The van der Waals surface area contributed by atoms with Crippen molar-refractivity contribution < 1.29 is 28.7 Å². The third-order valence-corrected chi connectivity index (χ3v) is 9.98. The predicted octanol–water partition coefficient (Wildman–Crippen LogP) is 8.34. The van der Waals surface area contributed by atoms with Gasteiger partial charge in [-0.3, -0.25) is 23.7 Å². The molecule has 0 atom stereocenters. The second-order valence-electron chi connectivity index (χ2n) is 13.2. The number of hydrogen-bond acceptors (Lipinski definition) is 6. The highest BCUT2D eigenvalue weighted by Crippen LogP contribution is 2.35. The number of aryl methyl sites for hydroxylation is 3. The second-order valence-corrected chi connectivity index (χ2v) is 14.0. The number of fused-ring (bicyclic) bond motifs is 2. The van der Waals surface area contributed by atoms with Gasteiger partial charge in [0, 0.05) is 60.5 Å². The van der Waals surface area contributed by atoms with E-state index in [2.05, 4.69) is 15.6 Å². The van der Waals surface area contributed by atoms with Gasteiger partial charge in [-0.15, -0.1) is 0 Å². The molecule has 0 bridgehead atoms. The van der Waals surface area contributed by atoms with Crippen LogP contribution in [0.3, 0.4) is 0 Å². The number of ketones is 1. The number of carbonyl (C=O) groups excluding carboxylic acids is 4. The van der Waals surface area contributed by atoms with E-state index in [1.165, 1.54) is 13.8 Å². The third kappa shape index (κ3) is 9.04. The average molecular weight is 784 g/mol. The quantitative estimate of drug-likeness (QED) is 0.113. The van der Waals surface area contributed by atoms with Gasteiger partial charge in [-0.05, 0) is 91.8 Å². The van der Waals surface area contributed by atoms with E-state index in [0.717, 1.165) is 44.1 Å². The van der Waals surface area contributed by atoms with E-state index in [9.17, 15) is 19.2 Å². The van der Waals surface area contributed by atoms with Crippen LogP contribution >= 0.6 is 23.2 Å². The number of ether oxygens (including phenoxy) is 2. The Balaban J connectivity index is 0.000000211. The number of carbonyl (C=O) groups is 4. The van der Waals surface area contributed by atoms with E-state index >= 15 is 0 Å². The summed E-state index contributed by atoms with van der Waals surface area (Å²) < 4.78 is 12.3. The van der Waals surface area contributed by atoms with Crippen molar-refractivity contribution in [2.75, 3.05) is 27.3 Å². The van der Waals surface area contributed by atoms with E-state index in [0.29, 0.717) is 69.8 Å². The molecule has 2 aromatic heterocycles. The van der Waals surface area contributed by atoms with Gasteiger partial charge in [-0.25, -0.2) is 0 Å². The highest BCUT2D eigenvalue weighted by molar-refractivity contribution is 6.33. The number of aromatic nitrogens is 2. The summed E-state index contributed by atoms with van der Waals surface area (Å²) in [4.78, 5) is 52.3. The number of halogens is 2. The Kier molecular flexibility index (Phi) is 13.1. The summed E-state index contributed by atoms with van der Waals surface area (Å²) in [5.74, 6) is 0.703. The van der Waals surface area contributed by atoms with Crippen LogP contribution < -0.4 is 20.1 Å². The van der Waals surface area contributed by atoms with Gasteiger partial charge in [0.25, 0.3) is 5.91 Å². The fourth-order valence-corrected chi connectivity index (χ4v) is 7.13. The SMILES string of the molecule is COc1cc2c(CCNC(C)=O)c(C(=O)c3c(C)cccc3C)[nH]c2cc1Cl.COc1cc2c(CCNC(C)=O)cn(C(=O)c3ccccc3C)c2cc1Cl. The molecule has 12 heteroatoms. The molecule has 0 aliphatic carbocycles. The minimum atomic E-state index is -0.120. The molecule has 0 fully saturated rings. The Bertz CT molecular complexity index is 2410. The van der Waals surface area contributed by atoms with Crippen molar-refractivity contribution in [3.05, 3.63) is 128 Å². The maximum atomic E-state index is 13.4. The molecule has 2 heterocycles. The standard InChI is InChI=1S/C22H23ClN2O3.C21H21ClN2O3/c1-12-6-5-7-13(2)20(12)22(27)21-15(8-9-24-14(3)26)16-10-19(28-4)17(23)11-18(16)25-21;1-13-6-4-5-7-16(13)21(26)24-12-15(8-9-23-14(2)25)17-10-20(27-3)18(22)11-19(17)24/h5-7,10-11,25H,8-9H2,1-4H3,(H,24,26);4-7,10-12H,8-9H2,1-3H3,(H,23,25). The van der Waals surface area contributed by atoms with Gasteiger partial charge in [0.15, 0.2) is 0 Å². The number of nitrogens with one attached hydrogen (secondary N) is 3. The smallest absolute Gasteiger partial charge is 0.262 e. The molecular formula is C43H44Cl2N4O6. The first-order valence-electron chi connectivity index (χ1n) is 17.7. The predicted molar refractivity (Wildman–Crippen MR) is 218 cm³/mol. The fourth-order valence-electron chi connectivity index (χ4n) is 6.66. The van der Waals surface area contributed by atoms with Crippen LogP contribution in [0.1, 0.15) is 68.1 Å². The number of nitrogens with zero attached hydrogens (tertiary/aromatic N) is 1. The van der Waals surface area contributed by atoms with Gasteiger partial charge in [-0.1, -0.05) is 59.6 Å². The minimum absolute atomic E-state index is 0.0697. The molecule has 3 N–H and O–H groups in total. The van der Waals surface area contributed by atoms with Crippen LogP contribution in [-0.2, 0) is 22.4 Å². The Morgan fingerprint density at radius 2 is 1.29 bits per heavy atom. The average Bonchev–Trinajstić information content (AvgIpc) is 3.67. The van der Waals surface area contributed by atoms with Crippen LogP contribution in [0.4, 0.5) is 0 Å². The van der Waals surface area contributed by atoms with Gasteiger partial charge in [0.2, 0.25) is 17.6 Å². The summed E-state index contributed by atoms with van der Waals surface area (Å²) in [5, 5.41) is 8.23. The van der Waals surface area contributed by atoms with Gasteiger partial charge < -0.3 is 25.1 Å². The molecule has 0 radical (unpaired) electrons. The number of rotatable bonds is 11. The summed E-state index contributed by atoms with van der Waals surface area (Å²) >= 11 is 12.6. The maximum absolute atomic E-state index is 13.4. The van der Waals surface area contributed by atoms with E-state index in [1.807, 2.05) is 81.6 Å². The highest BCUT2D eigenvalue weighted by atomic mass is 35.5. The number of hydrogen-bond donors (Lipinski definition) is 3. The molecule has 0 aliphatic heterocycles. The monoisotopic (exact) mass is 782 g/mol. The fraction of sp³-hybridized carbons (Fsp3) is 0.256. The van der Waals surface area contributed by atoms with E-state index in [4.69, 9.17) is 32.7 Å². The van der Waals surface area contributed by atoms with Crippen LogP contribution in [0.15, 0.2) is 72.9 Å². The molecule has 6 rings (SSSR count). The molecule has 0 saturated heterocycles. The normalized spacial score (nSPS) is 10.9. The zero-order valence-corrected chi connectivity index (χ0v) is 33.4. The van der Waals surface area contributed by atoms with E-state index < -0.39 is 0 Å².